The Morgan fingerprint density at radius 2 is 2.05 bits per heavy atom. The van der Waals surface area contributed by atoms with Gasteiger partial charge in [0.15, 0.2) is 0 Å². The summed E-state index contributed by atoms with van der Waals surface area (Å²) in [6.07, 6.45) is 8.43. The van der Waals surface area contributed by atoms with E-state index in [1.54, 1.807) is 0 Å². The maximum Gasteiger partial charge on any atom is 0.118 e. The van der Waals surface area contributed by atoms with Gasteiger partial charge in [-0.25, -0.2) is 4.98 Å². The molecule has 110 valence electrons. The minimum atomic E-state index is 0.195. The van der Waals surface area contributed by atoms with E-state index in [0.717, 1.165) is 12.2 Å². The molecule has 0 saturated carbocycles. The minimum Gasteiger partial charge on any atom is -0.348 e. The fourth-order valence-corrected chi connectivity index (χ4v) is 4.46. The number of thiophene rings is 1. The van der Waals surface area contributed by atoms with Gasteiger partial charge in [-0.15, -0.1) is 11.3 Å². The number of H-pyrrole nitrogens is 1. The number of nitrogens with zero attached hydrogens (tertiary/aromatic N) is 1. The van der Waals surface area contributed by atoms with Crippen molar-refractivity contribution >= 4 is 17.4 Å². The number of fused-ring (bicyclic) bond motifs is 1. The number of aromatic amines is 1. The molecule has 2 heterocycles. The molecule has 1 N–H and O–H groups in total. The molecule has 0 aliphatic heterocycles. The standard InChI is InChI=1S/C19H18N2S/c1-13-7-8-15-12-17(22-16(15)11-13)18(19-20-9-10-21-19)14-5-3-2-4-6-14/h2-6,9-12,18H,7-8H2,1H3,(H,20,21). The molecule has 0 bridgehead atoms. The smallest absolute Gasteiger partial charge is 0.118 e. The van der Waals surface area contributed by atoms with Crippen LogP contribution in [0.2, 0.25) is 0 Å². The molecule has 3 aromatic rings. The summed E-state index contributed by atoms with van der Waals surface area (Å²) in [6.45, 7) is 2.23. The highest BCUT2D eigenvalue weighted by molar-refractivity contribution is 7.13. The van der Waals surface area contributed by atoms with Crippen molar-refractivity contribution in [2.45, 2.75) is 25.7 Å². The molecule has 1 aliphatic carbocycles. The Morgan fingerprint density at radius 3 is 2.82 bits per heavy atom. The second kappa shape index (κ2) is 5.58. The van der Waals surface area contributed by atoms with E-state index in [1.165, 1.54) is 32.9 Å². The molecule has 2 nitrogen and oxygen atoms in total. The van der Waals surface area contributed by atoms with Crippen molar-refractivity contribution in [2.24, 2.45) is 0 Å². The van der Waals surface area contributed by atoms with Gasteiger partial charge >= 0.3 is 0 Å². The molecular formula is C19H18N2S. The van der Waals surface area contributed by atoms with E-state index in [-0.39, 0.29) is 5.92 Å². The third-order valence-electron chi connectivity index (χ3n) is 4.24. The van der Waals surface area contributed by atoms with Crippen molar-refractivity contribution < 1.29 is 0 Å². The first-order chi connectivity index (χ1) is 10.8. The normalized spacial score (nSPS) is 15.2. The highest BCUT2D eigenvalue weighted by Crippen LogP contribution is 2.39. The summed E-state index contributed by atoms with van der Waals surface area (Å²) in [5.74, 6) is 1.21. The van der Waals surface area contributed by atoms with E-state index in [1.807, 2.05) is 23.7 Å². The van der Waals surface area contributed by atoms with Crippen molar-refractivity contribution in [3.8, 4) is 0 Å². The Morgan fingerprint density at radius 1 is 1.18 bits per heavy atom. The molecule has 0 saturated heterocycles. The Hall–Kier alpha value is -2.13. The summed E-state index contributed by atoms with van der Waals surface area (Å²) in [7, 11) is 0. The zero-order chi connectivity index (χ0) is 14.9. The number of aryl methyl sites for hydroxylation is 1. The van der Waals surface area contributed by atoms with Crippen molar-refractivity contribution in [1.82, 2.24) is 9.97 Å². The summed E-state index contributed by atoms with van der Waals surface area (Å²) in [4.78, 5) is 10.6. The predicted molar refractivity (Wildman–Crippen MR) is 92.3 cm³/mol. The molecule has 0 spiro atoms. The van der Waals surface area contributed by atoms with E-state index < -0.39 is 0 Å². The van der Waals surface area contributed by atoms with Gasteiger partial charge < -0.3 is 4.98 Å². The van der Waals surface area contributed by atoms with Crippen molar-refractivity contribution in [3.63, 3.8) is 0 Å². The average Bonchev–Trinajstić information content (AvgIpc) is 3.18. The topological polar surface area (TPSA) is 28.7 Å². The summed E-state index contributed by atoms with van der Waals surface area (Å²) in [6, 6.07) is 13.0. The Balaban J connectivity index is 1.83. The Bertz CT molecular complexity index is 797. The monoisotopic (exact) mass is 306 g/mol. The largest absolute Gasteiger partial charge is 0.348 e. The van der Waals surface area contributed by atoms with Gasteiger partial charge in [-0.1, -0.05) is 35.9 Å². The van der Waals surface area contributed by atoms with Crippen LogP contribution in [0.25, 0.3) is 6.08 Å². The molecule has 0 fully saturated rings. The number of imidazole rings is 1. The van der Waals surface area contributed by atoms with Crippen LogP contribution >= 0.6 is 11.3 Å². The molecule has 22 heavy (non-hydrogen) atoms. The van der Waals surface area contributed by atoms with Gasteiger partial charge in [0.2, 0.25) is 0 Å². The van der Waals surface area contributed by atoms with Crippen LogP contribution in [0.4, 0.5) is 0 Å². The van der Waals surface area contributed by atoms with Crippen LogP contribution in [0, 0.1) is 0 Å². The van der Waals surface area contributed by atoms with E-state index in [0.29, 0.717) is 0 Å². The van der Waals surface area contributed by atoms with Gasteiger partial charge in [0, 0.05) is 22.1 Å². The van der Waals surface area contributed by atoms with E-state index in [9.17, 15) is 0 Å². The van der Waals surface area contributed by atoms with Crippen LogP contribution in [0.5, 0.6) is 0 Å². The van der Waals surface area contributed by atoms with Crippen molar-refractivity contribution in [3.05, 3.63) is 81.1 Å². The van der Waals surface area contributed by atoms with Crippen LogP contribution in [-0.2, 0) is 6.42 Å². The van der Waals surface area contributed by atoms with Gasteiger partial charge in [-0.3, -0.25) is 0 Å². The lowest BCUT2D eigenvalue weighted by Gasteiger charge is -2.13. The lowest BCUT2D eigenvalue weighted by atomic mass is 9.94. The first kappa shape index (κ1) is 13.5. The molecule has 1 aromatic carbocycles. The lowest BCUT2D eigenvalue weighted by Crippen LogP contribution is -2.03. The first-order valence-electron chi connectivity index (χ1n) is 7.65. The van der Waals surface area contributed by atoms with Crippen molar-refractivity contribution in [2.75, 3.05) is 0 Å². The molecule has 1 aliphatic rings. The molecule has 4 rings (SSSR count). The molecule has 1 unspecified atom stereocenters. The first-order valence-corrected chi connectivity index (χ1v) is 8.47. The Kier molecular flexibility index (Phi) is 3.43. The maximum atomic E-state index is 4.53. The fraction of sp³-hybridized carbons (Fsp3) is 0.211. The second-order valence-corrected chi connectivity index (χ2v) is 6.96. The van der Waals surface area contributed by atoms with Gasteiger partial charge in [0.1, 0.15) is 5.82 Å². The summed E-state index contributed by atoms with van der Waals surface area (Å²) in [5, 5.41) is 0. The molecule has 2 aromatic heterocycles. The zero-order valence-corrected chi connectivity index (χ0v) is 13.4. The maximum absolute atomic E-state index is 4.53. The van der Waals surface area contributed by atoms with E-state index in [2.05, 4.69) is 59.4 Å². The van der Waals surface area contributed by atoms with E-state index in [4.69, 9.17) is 0 Å². The van der Waals surface area contributed by atoms with Crippen LogP contribution in [-0.4, -0.2) is 9.97 Å². The number of allylic oxidation sites excluding steroid dienone is 1. The predicted octanol–water partition coefficient (Wildman–Crippen LogP) is 5.00. The fourth-order valence-electron chi connectivity index (χ4n) is 3.09. The van der Waals surface area contributed by atoms with Crippen LogP contribution in [0.3, 0.4) is 0 Å². The SMILES string of the molecule is CC1=Cc2sc(C(c3ccccc3)c3ncc[nH]3)cc2CC1. The highest BCUT2D eigenvalue weighted by Gasteiger charge is 2.23. The third-order valence-corrected chi connectivity index (χ3v) is 5.43. The van der Waals surface area contributed by atoms with E-state index >= 15 is 0 Å². The zero-order valence-electron chi connectivity index (χ0n) is 12.5. The summed E-state index contributed by atoms with van der Waals surface area (Å²) in [5.41, 5.74) is 4.25. The molecule has 3 heteroatoms. The Labute approximate surface area is 134 Å². The number of benzene rings is 1. The van der Waals surface area contributed by atoms with Gasteiger partial charge in [0.05, 0.1) is 5.92 Å². The number of hydrogen-bond acceptors (Lipinski definition) is 2. The van der Waals surface area contributed by atoms with Crippen molar-refractivity contribution in [1.29, 1.82) is 0 Å². The highest BCUT2D eigenvalue weighted by atomic mass is 32.1. The molecular weight excluding hydrogens is 288 g/mol. The number of aromatic nitrogens is 2. The van der Waals surface area contributed by atoms with Crippen LogP contribution < -0.4 is 0 Å². The molecule has 0 radical (unpaired) electrons. The van der Waals surface area contributed by atoms with Gasteiger partial charge in [-0.2, -0.15) is 0 Å². The number of nitrogens with one attached hydrogen (secondary N) is 1. The molecule has 1 atom stereocenters. The number of rotatable bonds is 3. The quantitative estimate of drug-likeness (QED) is 0.724. The van der Waals surface area contributed by atoms with Crippen LogP contribution in [0.1, 0.15) is 46.0 Å². The minimum absolute atomic E-state index is 0.195. The summed E-state index contributed by atoms with van der Waals surface area (Å²) < 4.78 is 0. The van der Waals surface area contributed by atoms with Gasteiger partial charge in [-0.05, 0) is 43.0 Å². The number of hydrogen-bond donors (Lipinski definition) is 1. The summed E-state index contributed by atoms with van der Waals surface area (Å²) >= 11 is 1.90. The second-order valence-electron chi connectivity index (χ2n) is 5.85. The average molecular weight is 306 g/mol. The molecule has 0 amide bonds. The van der Waals surface area contributed by atoms with Gasteiger partial charge in [0.25, 0.3) is 0 Å². The third kappa shape index (κ3) is 2.42. The van der Waals surface area contributed by atoms with Crippen LogP contribution in [0.15, 0.2) is 54.4 Å². The lowest BCUT2D eigenvalue weighted by molar-refractivity contribution is 0.894.